The molecule has 4 nitrogen and oxygen atoms in total. The number of esters is 1. The van der Waals surface area contributed by atoms with Crippen molar-refractivity contribution >= 4 is 11.9 Å². The summed E-state index contributed by atoms with van der Waals surface area (Å²) in [6.45, 7) is 13.2. The van der Waals surface area contributed by atoms with Gasteiger partial charge in [-0.3, -0.25) is 9.59 Å². The van der Waals surface area contributed by atoms with Gasteiger partial charge in [0, 0.05) is 11.6 Å². The molecule has 0 saturated heterocycles. The van der Waals surface area contributed by atoms with Gasteiger partial charge in [0.2, 0.25) is 5.91 Å². The number of hydrogen-bond donors (Lipinski definition) is 1. The van der Waals surface area contributed by atoms with Crippen LogP contribution in [0, 0.1) is 17.8 Å². The van der Waals surface area contributed by atoms with E-state index in [0.717, 1.165) is 0 Å². The molecule has 0 rings (SSSR count). The Labute approximate surface area is 103 Å². The Kier molecular flexibility index (Phi) is 6.54. The molecule has 0 fully saturated rings. The molecule has 4 heteroatoms. The zero-order valence-corrected chi connectivity index (χ0v) is 11.4. The molecule has 0 aliphatic carbocycles. The van der Waals surface area contributed by atoms with Crippen LogP contribution in [0.3, 0.4) is 0 Å². The van der Waals surface area contributed by atoms with E-state index < -0.39 is 5.92 Å². The second kappa shape index (κ2) is 7.09. The fourth-order valence-electron chi connectivity index (χ4n) is 1.43. The first-order valence-corrected chi connectivity index (χ1v) is 5.97. The second-order valence-corrected chi connectivity index (χ2v) is 4.64. The van der Waals surface area contributed by atoms with Gasteiger partial charge in [-0.2, -0.15) is 0 Å². The highest BCUT2D eigenvalue weighted by molar-refractivity contribution is 5.82. The van der Waals surface area contributed by atoms with Crippen LogP contribution in [0.4, 0.5) is 0 Å². The van der Waals surface area contributed by atoms with Gasteiger partial charge in [0.05, 0.1) is 12.5 Å². The summed E-state index contributed by atoms with van der Waals surface area (Å²) in [6.07, 6.45) is 0. The molecule has 0 aromatic heterocycles. The van der Waals surface area contributed by atoms with E-state index in [0.29, 0.717) is 12.3 Å². The van der Waals surface area contributed by atoms with Crippen molar-refractivity contribution in [3.63, 3.8) is 0 Å². The van der Waals surface area contributed by atoms with Gasteiger partial charge >= 0.3 is 5.97 Å². The molecule has 0 radical (unpaired) electrons. The first-order valence-electron chi connectivity index (χ1n) is 5.97. The molecule has 0 aliphatic heterocycles. The molecule has 1 N–H and O–H groups in total. The van der Waals surface area contributed by atoms with Crippen LogP contribution >= 0.6 is 0 Å². The minimum Gasteiger partial charge on any atom is -0.465 e. The average molecular weight is 241 g/mol. The Morgan fingerprint density at radius 1 is 1.24 bits per heavy atom. The van der Waals surface area contributed by atoms with E-state index >= 15 is 0 Å². The van der Waals surface area contributed by atoms with E-state index in [9.17, 15) is 9.59 Å². The van der Waals surface area contributed by atoms with Gasteiger partial charge in [-0.25, -0.2) is 0 Å². The smallest absolute Gasteiger partial charge is 0.315 e. The molecule has 1 amide bonds. The summed E-state index contributed by atoms with van der Waals surface area (Å²) in [5, 5.41) is 2.67. The minimum atomic E-state index is -0.488. The molecule has 0 bridgehead atoms. The van der Waals surface area contributed by atoms with Crippen LogP contribution in [0.1, 0.15) is 34.6 Å². The molecule has 0 spiro atoms. The van der Waals surface area contributed by atoms with Crippen molar-refractivity contribution < 1.29 is 14.3 Å². The van der Waals surface area contributed by atoms with Crippen LogP contribution in [0.2, 0.25) is 0 Å². The third-order valence-corrected chi connectivity index (χ3v) is 2.39. The average Bonchev–Trinajstić information content (AvgIpc) is 2.16. The number of amides is 1. The molecular formula is C13H23NO3. The van der Waals surface area contributed by atoms with Gasteiger partial charge in [0.25, 0.3) is 0 Å². The third kappa shape index (κ3) is 5.02. The van der Waals surface area contributed by atoms with Crippen molar-refractivity contribution in [2.75, 3.05) is 6.61 Å². The molecule has 0 heterocycles. The quantitative estimate of drug-likeness (QED) is 0.725. The number of carbonyl (C=O) groups is 2. The monoisotopic (exact) mass is 241 g/mol. The van der Waals surface area contributed by atoms with E-state index in [2.05, 4.69) is 11.9 Å². The van der Waals surface area contributed by atoms with E-state index in [1.807, 2.05) is 13.8 Å². The predicted molar refractivity (Wildman–Crippen MR) is 67.1 cm³/mol. The molecular weight excluding hydrogens is 218 g/mol. The number of ether oxygens (including phenoxy) is 1. The van der Waals surface area contributed by atoms with E-state index in [4.69, 9.17) is 4.74 Å². The van der Waals surface area contributed by atoms with Gasteiger partial charge in [-0.05, 0) is 12.8 Å². The molecule has 98 valence electrons. The lowest BCUT2D eigenvalue weighted by molar-refractivity contribution is -0.148. The van der Waals surface area contributed by atoms with Crippen LogP contribution in [-0.2, 0) is 14.3 Å². The summed E-state index contributed by atoms with van der Waals surface area (Å²) in [6, 6.07) is 0. The van der Waals surface area contributed by atoms with Crippen LogP contribution in [0.25, 0.3) is 0 Å². The topological polar surface area (TPSA) is 55.4 Å². The SMILES string of the molecule is C=C(NC(=O)C(C)C)C(C(=O)OCC)C(C)C. The van der Waals surface area contributed by atoms with Crippen LogP contribution in [0.5, 0.6) is 0 Å². The molecule has 0 aromatic rings. The number of carbonyl (C=O) groups excluding carboxylic acids is 2. The summed E-state index contributed by atoms with van der Waals surface area (Å²) in [5.74, 6) is -1.06. The van der Waals surface area contributed by atoms with Crippen molar-refractivity contribution in [1.29, 1.82) is 0 Å². The highest BCUT2D eigenvalue weighted by atomic mass is 16.5. The van der Waals surface area contributed by atoms with E-state index in [1.54, 1.807) is 20.8 Å². The first kappa shape index (κ1) is 15.7. The summed E-state index contributed by atoms with van der Waals surface area (Å²) in [5.41, 5.74) is 0.414. The predicted octanol–water partition coefficient (Wildman–Crippen LogP) is 2.11. The Hall–Kier alpha value is -1.32. The molecule has 0 aliphatic rings. The lowest BCUT2D eigenvalue weighted by atomic mass is 9.93. The molecule has 0 aromatic carbocycles. The molecule has 1 atom stereocenters. The standard InChI is InChI=1S/C13H23NO3/c1-7-17-13(16)11(8(2)3)10(6)14-12(15)9(4)5/h8-9,11H,6-7H2,1-5H3,(H,14,15). The van der Waals surface area contributed by atoms with Crippen molar-refractivity contribution in [1.82, 2.24) is 5.32 Å². The lowest BCUT2D eigenvalue weighted by Crippen LogP contribution is -2.35. The van der Waals surface area contributed by atoms with Gasteiger partial charge in [-0.15, -0.1) is 0 Å². The summed E-state index contributed by atoms with van der Waals surface area (Å²) < 4.78 is 4.98. The fraction of sp³-hybridized carbons (Fsp3) is 0.692. The number of hydrogen-bond acceptors (Lipinski definition) is 3. The number of nitrogens with one attached hydrogen (secondary N) is 1. The first-order chi connectivity index (χ1) is 7.81. The van der Waals surface area contributed by atoms with Crippen molar-refractivity contribution in [2.24, 2.45) is 17.8 Å². The van der Waals surface area contributed by atoms with Crippen LogP contribution in [-0.4, -0.2) is 18.5 Å². The summed E-state index contributed by atoms with van der Waals surface area (Å²) in [7, 11) is 0. The van der Waals surface area contributed by atoms with Crippen LogP contribution < -0.4 is 5.32 Å². The van der Waals surface area contributed by atoms with Gasteiger partial charge in [-0.1, -0.05) is 34.3 Å². The van der Waals surface area contributed by atoms with Gasteiger partial charge in [0.1, 0.15) is 0 Å². The van der Waals surface area contributed by atoms with E-state index in [1.165, 1.54) is 0 Å². The maximum absolute atomic E-state index is 11.7. The molecule has 1 unspecified atom stereocenters. The van der Waals surface area contributed by atoms with Gasteiger partial charge in [0.15, 0.2) is 0 Å². The van der Waals surface area contributed by atoms with Gasteiger partial charge < -0.3 is 10.1 Å². The van der Waals surface area contributed by atoms with Crippen molar-refractivity contribution in [2.45, 2.75) is 34.6 Å². The highest BCUT2D eigenvalue weighted by Gasteiger charge is 2.27. The lowest BCUT2D eigenvalue weighted by Gasteiger charge is -2.22. The molecule has 0 saturated carbocycles. The maximum atomic E-state index is 11.7. The fourth-order valence-corrected chi connectivity index (χ4v) is 1.43. The molecule has 17 heavy (non-hydrogen) atoms. The highest BCUT2D eigenvalue weighted by Crippen LogP contribution is 2.19. The Balaban J connectivity index is 4.67. The second-order valence-electron chi connectivity index (χ2n) is 4.64. The zero-order valence-electron chi connectivity index (χ0n) is 11.4. The number of rotatable bonds is 6. The van der Waals surface area contributed by atoms with Crippen molar-refractivity contribution in [3.8, 4) is 0 Å². The summed E-state index contributed by atoms with van der Waals surface area (Å²) >= 11 is 0. The Bertz CT molecular complexity index is 295. The normalized spacial score (nSPS) is 12.4. The van der Waals surface area contributed by atoms with Crippen molar-refractivity contribution in [3.05, 3.63) is 12.3 Å². The zero-order chi connectivity index (χ0) is 13.6. The Morgan fingerprint density at radius 3 is 2.12 bits per heavy atom. The summed E-state index contributed by atoms with van der Waals surface area (Å²) in [4.78, 5) is 23.3. The maximum Gasteiger partial charge on any atom is 0.315 e. The largest absolute Gasteiger partial charge is 0.465 e. The third-order valence-electron chi connectivity index (χ3n) is 2.39. The van der Waals surface area contributed by atoms with E-state index in [-0.39, 0.29) is 23.7 Å². The Morgan fingerprint density at radius 2 is 1.76 bits per heavy atom. The minimum absolute atomic E-state index is 0.0361. The van der Waals surface area contributed by atoms with Crippen LogP contribution in [0.15, 0.2) is 12.3 Å².